The molecule has 1 N–H and O–H groups in total. The molecule has 0 unspecified atom stereocenters. The van der Waals surface area contributed by atoms with Crippen molar-refractivity contribution in [1.29, 1.82) is 0 Å². The third kappa shape index (κ3) is 6.01. The second kappa shape index (κ2) is 7.18. The Bertz CT molecular complexity index is 398. The van der Waals surface area contributed by atoms with Crippen molar-refractivity contribution >= 4 is 0 Å². The highest BCUT2D eigenvalue weighted by atomic mass is 16.5. The van der Waals surface area contributed by atoms with Gasteiger partial charge in [-0.15, -0.1) is 5.10 Å². The average molecular weight is 282 g/mol. The second-order valence-corrected chi connectivity index (χ2v) is 6.89. The van der Waals surface area contributed by atoms with Crippen LogP contribution in [0.2, 0.25) is 0 Å². The van der Waals surface area contributed by atoms with E-state index in [1.54, 1.807) is 0 Å². The van der Waals surface area contributed by atoms with Crippen LogP contribution in [0.4, 0.5) is 0 Å². The molecule has 5 heteroatoms. The van der Waals surface area contributed by atoms with Gasteiger partial charge in [0.05, 0.1) is 18.0 Å². The maximum absolute atomic E-state index is 5.94. The van der Waals surface area contributed by atoms with Gasteiger partial charge in [-0.05, 0) is 45.6 Å². The first-order valence-electron chi connectivity index (χ1n) is 7.45. The molecule has 116 valence electrons. The van der Waals surface area contributed by atoms with E-state index in [1.165, 1.54) is 0 Å². The van der Waals surface area contributed by atoms with Crippen LogP contribution in [0.25, 0.3) is 0 Å². The van der Waals surface area contributed by atoms with Gasteiger partial charge < -0.3 is 10.1 Å². The van der Waals surface area contributed by atoms with Gasteiger partial charge in [0.2, 0.25) is 0 Å². The van der Waals surface area contributed by atoms with E-state index in [0.717, 1.165) is 31.6 Å². The maximum atomic E-state index is 5.94. The smallest absolute Gasteiger partial charge is 0.0919 e. The van der Waals surface area contributed by atoms with Gasteiger partial charge in [-0.25, -0.2) is 4.68 Å². The Labute approximate surface area is 123 Å². The summed E-state index contributed by atoms with van der Waals surface area (Å²) in [6.45, 7) is 12.5. The lowest BCUT2D eigenvalue weighted by Crippen LogP contribution is -2.33. The lowest BCUT2D eigenvalue weighted by molar-refractivity contribution is -0.0455. The van der Waals surface area contributed by atoms with Gasteiger partial charge in [0.25, 0.3) is 0 Å². The Balaban J connectivity index is 2.58. The fourth-order valence-corrected chi connectivity index (χ4v) is 2.79. The summed E-state index contributed by atoms with van der Waals surface area (Å²) in [5.41, 5.74) is 1.08. The van der Waals surface area contributed by atoms with Crippen molar-refractivity contribution in [3.63, 3.8) is 0 Å². The predicted octanol–water partition coefficient (Wildman–Crippen LogP) is 2.62. The summed E-state index contributed by atoms with van der Waals surface area (Å²) in [5.74, 6) is 0. The Morgan fingerprint density at radius 1 is 1.30 bits per heavy atom. The number of ether oxygens (including phenoxy) is 1. The Morgan fingerprint density at radius 3 is 2.60 bits per heavy atom. The minimum atomic E-state index is -0.0967. The average Bonchev–Trinajstić information content (AvgIpc) is 2.72. The second-order valence-electron chi connectivity index (χ2n) is 6.89. The summed E-state index contributed by atoms with van der Waals surface area (Å²) >= 11 is 0. The molecule has 1 aromatic rings. The number of nitrogens with one attached hydrogen (secondary N) is 1. The summed E-state index contributed by atoms with van der Waals surface area (Å²) in [7, 11) is 1.90. The van der Waals surface area contributed by atoms with Gasteiger partial charge in [0, 0.05) is 12.8 Å². The summed E-state index contributed by atoms with van der Waals surface area (Å²) < 4.78 is 7.77. The Hall–Kier alpha value is -0.940. The quantitative estimate of drug-likeness (QED) is 0.756. The third-order valence-corrected chi connectivity index (χ3v) is 3.17. The van der Waals surface area contributed by atoms with E-state index >= 15 is 0 Å². The first-order chi connectivity index (χ1) is 9.28. The summed E-state index contributed by atoms with van der Waals surface area (Å²) in [6.07, 6.45) is 4.98. The third-order valence-electron chi connectivity index (χ3n) is 3.17. The van der Waals surface area contributed by atoms with E-state index in [-0.39, 0.29) is 11.0 Å². The highest BCUT2D eigenvalue weighted by molar-refractivity contribution is 4.98. The fourth-order valence-electron chi connectivity index (χ4n) is 2.79. The molecule has 0 aliphatic carbocycles. The van der Waals surface area contributed by atoms with Crippen molar-refractivity contribution in [3.05, 3.63) is 11.9 Å². The summed E-state index contributed by atoms with van der Waals surface area (Å²) in [5, 5.41) is 11.4. The molecular weight excluding hydrogens is 252 g/mol. The van der Waals surface area contributed by atoms with E-state index < -0.39 is 0 Å². The number of hydrogen-bond acceptors (Lipinski definition) is 4. The molecule has 0 radical (unpaired) electrons. The number of aromatic nitrogens is 3. The van der Waals surface area contributed by atoms with Crippen molar-refractivity contribution in [3.8, 4) is 0 Å². The van der Waals surface area contributed by atoms with Crippen LogP contribution in [0.5, 0.6) is 0 Å². The molecule has 0 amide bonds. The highest BCUT2D eigenvalue weighted by Crippen LogP contribution is 2.33. The Morgan fingerprint density at radius 2 is 2.00 bits per heavy atom. The maximum Gasteiger partial charge on any atom is 0.0919 e. The first-order valence-corrected chi connectivity index (χ1v) is 7.45. The van der Waals surface area contributed by atoms with Gasteiger partial charge in [-0.3, -0.25) is 0 Å². The number of rotatable bonds is 9. The molecule has 0 aromatic carbocycles. The zero-order valence-electron chi connectivity index (χ0n) is 13.9. The summed E-state index contributed by atoms with van der Waals surface area (Å²) in [6, 6.07) is 0. The number of nitrogens with zero attached hydrogens (tertiary/aromatic N) is 3. The van der Waals surface area contributed by atoms with Gasteiger partial charge >= 0.3 is 0 Å². The molecule has 0 atom stereocenters. The van der Waals surface area contributed by atoms with Crippen molar-refractivity contribution in [2.75, 3.05) is 13.7 Å². The van der Waals surface area contributed by atoms with Crippen LogP contribution in [0.1, 0.15) is 53.2 Å². The van der Waals surface area contributed by atoms with Crippen molar-refractivity contribution < 1.29 is 4.74 Å². The zero-order chi connectivity index (χ0) is 15.2. The van der Waals surface area contributed by atoms with Gasteiger partial charge in [-0.1, -0.05) is 26.0 Å². The minimum Gasteiger partial charge on any atom is -0.376 e. The van der Waals surface area contributed by atoms with E-state index in [9.17, 15) is 0 Å². The van der Waals surface area contributed by atoms with E-state index in [1.807, 2.05) is 17.9 Å². The van der Waals surface area contributed by atoms with Gasteiger partial charge in [-0.2, -0.15) is 0 Å². The first kappa shape index (κ1) is 17.1. The molecule has 1 rings (SSSR count). The monoisotopic (exact) mass is 282 g/mol. The molecule has 0 saturated carbocycles. The van der Waals surface area contributed by atoms with Crippen molar-refractivity contribution in [2.45, 2.75) is 66.2 Å². The lowest BCUT2D eigenvalue weighted by Gasteiger charge is -2.34. The lowest BCUT2D eigenvalue weighted by atomic mass is 9.78. The van der Waals surface area contributed by atoms with Crippen molar-refractivity contribution in [1.82, 2.24) is 20.3 Å². The standard InChI is InChI=1S/C15H30N4O/c1-7-8-20-15(4,5)11-14(2,3)9-13-10-19(12-16-6)18-17-13/h10,16H,7-9,11-12H2,1-6H3. The van der Waals surface area contributed by atoms with Gasteiger partial charge in [0.1, 0.15) is 0 Å². The molecule has 0 fully saturated rings. The van der Waals surface area contributed by atoms with Crippen LogP contribution in [0.3, 0.4) is 0 Å². The molecule has 0 aliphatic heterocycles. The highest BCUT2D eigenvalue weighted by Gasteiger charge is 2.30. The van der Waals surface area contributed by atoms with E-state index in [4.69, 9.17) is 4.74 Å². The molecule has 0 spiro atoms. The van der Waals surface area contributed by atoms with Crippen LogP contribution in [0, 0.1) is 5.41 Å². The van der Waals surface area contributed by atoms with Gasteiger partial charge in [0.15, 0.2) is 0 Å². The summed E-state index contributed by atoms with van der Waals surface area (Å²) in [4.78, 5) is 0. The van der Waals surface area contributed by atoms with Crippen LogP contribution >= 0.6 is 0 Å². The van der Waals surface area contributed by atoms with E-state index in [0.29, 0.717) is 6.67 Å². The molecule has 1 heterocycles. The van der Waals surface area contributed by atoms with Crippen LogP contribution in [-0.2, 0) is 17.8 Å². The molecule has 1 aromatic heterocycles. The molecule has 0 bridgehead atoms. The van der Waals surface area contributed by atoms with Crippen molar-refractivity contribution in [2.24, 2.45) is 5.41 Å². The Kier molecular flexibility index (Phi) is 6.14. The van der Waals surface area contributed by atoms with Crippen LogP contribution in [-0.4, -0.2) is 34.2 Å². The largest absolute Gasteiger partial charge is 0.376 e. The molecule has 20 heavy (non-hydrogen) atoms. The topological polar surface area (TPSA) is 52.0 Å². The SMILES string of the molecule is CCCOC(C)(C)CC(C)(C)Cc1cn(CNC)nn1. The van der Waals surface area contributed by atoms with Crippen LogP contribution in [0.15, 0.2) is 6.20 Å². The molecule has 5 nitrogen and oxygen atoms in total. The van der Waals surface area contributed by atoms with Crippen LogP contribution < -0.4 is 5.32 Å². The normalized spacial score (nSPS) is 12.9. The molecule has 0 saturated heterocycles. The zero-order valence-corrected chi connectivity index (χ0v) is 13.9. The van der Waals surface area contributed by atoms with E-state index in [2.05, 4.69) is 50.2 Å². The molecular formula is C15H30N4O. The molecule has 0 aliphatic rings. The fraction of sp³-hybridized carbons (Fsp3) is 0.867. The number of hydrogen-bond donors (Lipinski definition) is 1. The minimum absolute atomic E-state index is 0.0967. The predicted molar refractivity (Wildman–Crippen MR) is 81.5 cm³/mol.